The Bertz CT molecular complexity index is 963. The van der Waals surface area contributed by atoms with Gasteiger partial charge in [-0.1, -0.05) is 17.7 Å². The van der Waals surface area contributed by atoms with Crippen LogP contribution in [0.2, 0.25) is 0 Å². The van der Waals surface area contributed by atoms with Crippen molar-refractivity contribution in [1.82, 2.24) is 10.0 Å². The average molecular weight is 423 g/mol. The van der Waals surface area contributed by atoms with Gasteiger partial charge < -0.3 is 19.5 Å². The zero-order valence-electron chi connectivity index (χ0n) is 17.2. The molecule has 0 aliphatic rings. The van der Waals surface area contributed by atoms with Gasteiger partial charge in [-0.25, -0.2) is 13.1 Å². The summed E-state index contributed by atoms with van der Waals surface area (Å²) in [4.78, 5) is 12.6. The average Bonchev–Trinajstić information content (AvgIpc) is 2.69. The molecule has 29 heavy (non-hydrogen) atoms. The Morgan fingerprint density at radius 2 is 1.55 bits per heavy atom. The van der Waals surface area contributed by atoms with E-state index in [0.717, 1.165) is 5.56 Å². The van der Waals surface area contributed by atoms with Gasteiger partial charge in [0, 0.05) is 18.7 Å². The molecule has 2 rings (SSSR count). The molecule has 0 fully saturated rings. The lowest BCUT2D eigenvalue weighted by atomic mass is 10.1. The van der Waals surface area contributed by atoms with Crippen LogP contribution in [0.4, 0.5) is 0 Å². The maximum absolute atomic E-state index is 12.4. The molecule has 0 aromatic heterocycles. The van der Waals surface area contributed by atoms with Crippen molar-refractivity contribution >= 4 is 15.9 Å². The van der Waals surface area contributed by atoms with Gasteiger partial charge in [0.05, 0.1) is 26.2 Å². The van der Waals surface area contributed by atoms with E-state index in [9.17, 15) is 13.2 Å². The third-order valence-corrected chi connectivity index (χ3v) is 5.87. The molecule has 0 atom stereocenters. The highest BCUT2D eigenvalue weighted by atomic mass is 32.2. The molecule has 0 heterocycles. The summed E-state index contributed by atoms with van der Waals surface area (Å²) >= 11 is 0. The first-order valence-corrected chi connectivity index (χ1v) is 10.4. The predicted molar refractivity (Wildman–Crippen MR) is 110 cm³/mol. The van der Waals surface area contributed by atoms with E-state index in [-0.39, 0.29) is 18.0 Å². The molecule has 0 spiro atoms. The highest BCUT2D eigenvalue weighted by Crippen LogP contribution is 2.38. The second-order valence-corrected chi connectivity index (χ2v) is 8.07. The summed E-state index contributed by atoms with van der Waals surface area (Å²) in [6, 6.07) is 8.17. The molecule has 2 aromatic rings. The van der Waals surface area contributed by atoms with Crippen LogP contribution in [-0.4, -0.2) is 48.7 Å². The number of amides is 1. The molecule has 158 valence electrons. The van der Waals surface area contributed by atoms with Gasteiger partial charge in [-0.3, -0.25) is 4.79 Å². The molecule has 0 aliphatic heterocycles. The number of sulfonamides is 1. The van der Waals surface area contributed by atoms with Crippen LogP contribution in [0.1, 0.15) is 21.5 Å². The van der Waals surface area contributed by atoms with Crippen molar-refractivity contribution in [2.45, 2.75) is 18.7 Å². The molecule has 0 bridgehead atoms. The normalized spacial score (nSPS) is 11.1. The summed E-state index contributed by atoms with van der Waals surface area (Å²) in [5.74, 6) is 0.697. The zero-order chi connectivity index (χ0) is 21.6. The number of carbonyl (C=O) groups is 1. The number of nitrogens with one attached hydrogen (secondary N) is 2. The molecule has 8 nitrogen and oxygen atoms in total. The van der Waals surface area contributed by atoms with E-state index >= 15 is 0 Å². The summed E-state index contributed by atoms with van der Waals surface area (Å²) < 4.78 is 43.1. The molecule has 9 heteroatoms. The van der Waals surface area contributed by atoms with E-state index < -0.39 is 15.9 Å². The largest absolute Gasteiger partial charge is 0.493 e. The first kappa shape index (κ1) is 22.5. The number of hydrogen-bond donors (Lipinski definition) is 2. The molecule has 0 radical (unpaired) electrons. The first-order valence-electron chi connectivity index (χ1n) is 8.88. The van der Waals surface area contributed by atoms with Crippen molar-refractivity contribution in [3.63, 3.8) is 0 Å². The first-order chi connectivity index (χ1) is 13.7. The van der Waals surface area contributed by atoms with Crippen LogP contribution >= 0.6 is 0 Å². The Kier molecular flexibility index (Phi) is 7.46. The van der Waals surface area contributed by atoms with Gasteiger partial charge in [0.25, 0.3) is 5.91 Å². The number of methoxy groups -OCH3 is 3. The van der Waals surface area contributed by atoms with Crippen LogP contribution in [-0.2, 0) is 10.0 Å². The molecule has 0 saturated carbocycles. The standard InChI is InChI=1S/C20H26N2O6S/c1-13-6-7-18(14(2)10-13)29(24,25)22-9-8-21-20(23)15-11-16(26-3)19(28-5)17(12-15)27-4/h6-7,10-12,22H,8-9H2,1-5H3,(H,21,23). The van der Waals surface area contributed by atoms with Crippen LogP contribution in [0.5, 0.6) is 17.2 Å². The van der Waals surface area contributed by atoms with Gasteiger partial charge in [-0.15, -0.1) is 0 Å². The van der Waals surface area contributed by atoms with Crippen molar-refractivity contribution in [2.24, 2.45) is 0 Å². The summed E-state index contributed by atoms with van der Waals surface area (Å²) in [5, 5.41) is 2.67. The number of rotatable bonds is 9. The van der Waals surface area contributed by atoms with Crippen LogP contribution in [0.15, 0.2) is 35.2 Å². The number of carbonyl (C=O) groups excluding carboxylic acids is 1. The number of ether oxygens (including phenoxy) is 3. The second kappa shape index (κ2) is 9.62. The lowest BCUT2D eigenvalue weighted by Crippen LogP contribution is -2.35. The van der Waals surface area contributed by atoms with Crippen molar-refractivity contribution in [1.29, 1.82) is 0 Å². The van der Waals surface area contributed by atoms with Gasteiger partial charge in [0.2, 0.25) is 15.8 Å². The fourth-order valence-corrected chi connectivity index (χ4v) is 4.11. The van der Waals surface area contributed by atoms with Crippen molar-refractivity contribution in [3.8, 4) is 17.2 Å². The summed E-state index contributed by atoms with van der Waals surface area (Å²) in [6.45, 7) is 3.80. The number of benzene rings is 2. The minimum absolute atomic E-state index is 0.0474. The molecule has 2 aromatic carbocycles. The highest BCUT2D eigenvalue weighted by Gasteiger charge is 2.18. The van der Waals surface area contributed by atoms with E-state index in [1.807, 2.05) is 6.92 Å². The Hall–Kier alpha value is -2.78. The summed E-state index contributed by atoms with van der Waals surface area (Å²) in [6.07, 6.45) is 0. The predicted octanol–water partition coefficient (Wildman–Crippen LogP) is 2.04. The zero-order valence-corrected chi connectivity index (χ0v) is 18.0. The molecular weight excluding hydrogens is 396 g/mol. The fraction of sp³-hybridized carbons (Fsp3) is 0.350. The van der Waals surface area contributed by atoms with Gasteiger partial charge in [-0.05, 0) is 37.6 Å². The number of aryl methyl sites for hydroxylation is 2. The third-order valence-electron chi connectivity index (χ3n) is 4.25. The topological polar surface area (TPSA) is 103 Å². The fourth-order valence-electron chi connectivity index (χ4n) is 2.85. The molecule has 1 amide bonds. The molecule has 0 aliphatic carbocycles. The second-order valence-electron chi connectivity index (χ2n) is 6.34. The lowest BCUT2D eigenvalue weighted by molar-refractivity contribution is 0.0953. The Morgan fingerprint density at radius 1 is 0.931 bits per heavy atom. The maximum atomic E-state index is 12.4. The van der Waals surface area contributed by atoms with Crippen LogP contribution in [0, 0.1) is 13.8 Å². The minimum Gasteiger partial charge on any atom is -0.493 e. The van der Waals surface area contributed by atoms with E-state index in [2.05, 4.69) is 10.0 Å². The quantitative estimate of drug-likeness (QED) is 0.600. The van der Waals surface area contributed by atoms with Crippen LogP contribution in [0.3, 0.4) is 0 Å². The minimum atomic E-state index is -3.66. The lowest BCUT2D eigenvalue weighted by Gasteiger charge is -2.14. The van der Waals surface area contributed by atoms with Gasteiger partial charge in [0.15, 0.2) is 11.5 Å². The highest BCUT2D eigenvalue weighted by molar-refractivity contribution is 7.89. The maximum Gasteiger partial charge on any atom is 0.251 e. The molecule has 2 N–H and O–H groups in total. The SMILES string of the molecule is COc1cc(C(=O)NCCNS(=O)(=O)c2ccc(C)cc2C)cc(OC)c1OC. The summed E-state index contributed by atoms with van der Waals surface area (Å²) in [7, 11) is 0.734. The third kappa shape index (κ3) is 5.39. The van der Waals surface area contributed by atoms with Gasteiger partial charge in [-0.2, -0.15) is 0 Å². The summed E-state index contributed by atoms with van der Waals surface area (Å²) in [5.41, 5.74) is 1.95. The molecule has 0 saturated heterocycles. The molecule has 0 unspecified atom stereocenters. The monoisotopic (exact) mass is 422 g/mol. The Balaban J connectivity index is 2.01. The van der Waals surface area contributed by atoms with Gasteiger partial charge >= 0.3 is 0 Å². The Morgan fingerprint density at radius 3 is 2.07 bits per heavy atom. The van der Waals surface area contributed by atoms with E-state index in [0.29, 0.717) is 28.4 Å². The van der Waals surface area contributed by atoms with Crippen LogP contribution < -0.4 is 24.2 Å². The van der Waals surface area contributed by atoms with E-state index in [1.165, 1.54) is 33.5 Å². The van der Waals surface area contributed by atoms with E-state index in [1.54, 1.807) is 25.1 Å². The number of hydrogen-bond acceptors (Lipinski definition) is 6. The smallest absolute Gasteiger partial charge is 0.251 e. The van der Waals surface area contributed by atoms with Crippen molar-refractivity contribution in [2.75, 3.05) is 34.4 Å². The van der Waals surface area contributed by atoms with Crippen LogP contribution in [0.25, 0.3) is 0 Å². The van der Waals surface area contributed by atoms with Crippen molar-refractivity contribution < 1.29 is 27.4 Å². The molecular formula is C20H26N2O6S. The Labute approximate surface area is 171 Å². The van der Waals surface area contributed by atoms with E-state index in [4.69, 9.17) is 14.2 Å². The van der Waals surface area contributed by atoms with Gasteiger partial charge in [0.1, 0.15) is 0 Å². The van der Waals surface area contributed by atoms with Crippen molar-refractivity contribution in [3.05, 3.63) is 47.0 Å².